The Morgan fingerprint density at radius 1 is 0.969 bits per heavy atom. The van der Waals surface area contributed by atoms with E-state index >= 15 is 0 Å². The zero-order valence-electron chi connectivity index (χ0n) is 16.3. The van der Waals surface area contributed by atoms with Gasteiger partial charge < -0.3 is 5.11 Å². The van der Waals surface area contributed by atoms with Crippen molar-refractivity contribution in [2.24, 2.45) is 0 Å². The number of nitrogens with zero attached hydrogens (tertiary/aromatic N) is 2. The number of hydrogen-bond donors (Lipinski definition) is 1. The van der Waals surface area contributed by atoms with Gasteiger partial charge in [0.15, 0.2) is 16.7 Å². The summed E-state index contributed by atoms with van der Waals surface area (Å²) in [6, 6.07) is 16.6. The van der Waals surface area contributed by atoms with Crippen LogP contribution in [-0.2, 0) is 4.79 Å². The number of carbonyl (C=O) groups is 2. The van der Waals surface area contributed by atoms with Gasteiger partial charge in [0.05, 0.1) is 21.8 Å². The normalized spacial score (nSPS) is 16.2. The lowest BCUT2D eigenvalue weighted by Crippen LogP contribution is -2.31. The van der Waals surface area contributed by atoms with Gasteiger partial charge in [-0.3, -0.25) is 14.5 Å². The molecule has 5 nitrogen and oxygen atoms in total. The third-order valence-electron chi connectivity index (χ3n) is 5.22. The topological polar surface area (TPSA) is 70.5 Å². The molecule has 2 heterocycles. The second-order valence-corrected chi connectivity index (χ2v) is 8.20. The minimum absolute atomic E-state index is 0.127. The molecule has 5 rings (SSSR count). The first-order valence-corrected chi connectivity index (χ1v) is 10.4. The average Bonchev–Trinajstić information content (AvgIpc) is 3.32. The largest absolute Gasteiger partial charge is 0.503 e. The molecule has 1 atom stereocenters. The molecule has 0 aliphatic carbocycles. The fourth-order valence-electron chi connectivity index (χ4n) is 3.73. The summed E-state index contributed by atoms with van der Waals surface area (Å²) in [5, 5.41) is 10.9. The van der Waals surface area contributed by atoms with E-state index in [1.807, 2.05) is 0 Å². The maximum absolute atomic E-state index is 13.7. The number of ketones is 1. The molecule has 1 unspecified atom stereocenters. The van der Waals surface area contributed by atoms with Gasteiger partial charge in [0, 0.05) is 5.56 Å². The Bertz CT molecular complexity index is 1400. The standard InChI is InChI=1S/C24H14F2N2O3S/c25-15-8-6-13(7-9-15)20-19(21(29)14-4-2-1-3-5-14)22(30)23(31)28(20)24-27-17-11-10-16(26)12-18(17)32-24/h1-12,20,30H. The molecule has 4 aromatic rings. The molecule has 3 aromatic carbocycles. The number of halogens is 2. The van der Waals surface area contributed by atoms with Gasteiger partial charge in [-0.25, -0.2) is 13.8 Å². The van der Waals surface area contributed by atoms with Gasteiger partial charge in [-0.2, -0.15) is 0 Å². The molecule has 0 bridgehead atoms. The third-order valence-corrected chi connectivity index (χ3v) is 6.24. The fraction of sp³-hybridized carbons (Fsp3) is 0.0417. The van der Waals surface area contributed by atoms with E-state index in [0.717, 1.165) is 11.3 Å². The van der Waals surface area contributed by atoms with Crippen LogP contribution in [0, 0.1) is 11.6 Å². The molecule has 0 spiro atoms. The van der Waals surface area contributed by atoms with E-state index in [1.54, 1.807) is 30.3 Å². The zero-order chi connectivity index (χ0) is 22.4. The van der Waals surface area contributed by atoms with E-state index in [-0.39, 0.29) is 10.7 Å². The molecule has 1 amide bonds. The summed E-state index contributed by atoms with van der Waals surface area (Å²) in [6.07, 6.45) is 0. The van der Waals surface area contributed by atoms with Crippen LogP contribution in [0.5, 0.6) is 0 Å². The van der Waals surface area contributed by atoms with Gasteiger partial charge in [-0.05, 0) is 35.9 Å². The summed E-state index contributed by atoms with van der Waals surface area (Å²) in [5.74, 6) is -2.96. The number of aromatic nitrogens is 1. The molecule has 1 N–H and O–H groups in total. The van der Waals surface area contributed by atoms with Gasteiger partial charge in [0.1, 0.15) is 11.6 Å². The van der Waals surface area contributed by atoms with Crippen LogP contribution in [-0.4, -0.2) is 21.8 Å². The van der Waals surface area contributed by atoms with Crippen molar-refractivity contribution in [3.63, 3.8) is 0 Å². The molecule has 0 saturated heterocycles. The highest BCUT2D eigenvalue weighted by molar-refractivity contribution is 7.22. The van der Waals surface area contributed by atoms with Crippen LogP contribution < -0.4 is 4.90 Å². The molecule has 0 fully saturated rings. The molecule has 32 heavy (non-hydrogen) atoms. The Morgan fingerprint density at radius 2 is 1.66 bits per heavy atom. The molecular weight excluding hydrogens is 434 g/mol. The Hall–Kier alpha value is -3.91. The SMILES string of the molecule is O=C(C1=C(O)C(=O)N(c2nc3ccc(F)cc3s2)C1c1ccc(F)cc1)c1ccccc1. The van der Waals surface area contributed by atoms with Crippen LogP contribution in [0.3, 0.4) is 0 Å². The van der Waals surface area contributed by atoms with Crippen molar-refractivity contribution in [1.29, 1.82) is 0 Å². The van der Waals surface area contributed by atoms with Gasteiger partial charge in [-0.15, -0.1) is 0 Å². The highest BCUT2D eigenvalue weighted by Crippen LogP contribution is 2.44. The molecule has 1 aliphatic heterocycles. The van der Waals surface area contributed by atoms with Gasteiger partial charge in [0.2, 0.25) is 0 Å². The summed E-state index contributed by atoms with van der Waals surface area (Å²) < 4.78 is 27.8. The van der Waals surface area contributed by atoms with Crippen LogP contribution in [0.15, 0.2) is 84.1 Å². The van der Waals surface area contributed by atoms with Crippen molar-refractivity contribution in [3.05, 3.63) is 107 Å². The Morgan fingerprint density at radius 3 is 2.38 bits per heavy atom. The lowest BCUT2D eigenvalue weighted by molar-refractivity contribution is -0.117. The maximum Gasteiger partial charge on any atom is 0.296 e. The minimum Gasteiger partial charge on any atom is -0.503 e. The smallest absolute Gasteiger partial charge is 0.296 e. The molecule has 8 heteroatoms. The first-order valence-electron chi connectivity index (χ1n) is 9.62. The summed E-state index contributed by atoms with van der Waals surface area (Å²) in [7, 11) is 0. The second kappa shape index (κ2) is 7.65. The first kappa shape index (κ1) is 20.0. The number of anilines is 1. The Balaban J connectivity index is 1.68. The van der Waals surface area contributed by atoms with Crippen LogP contribution in [0.25, 0.3) is 10.2 Å². The lowest BCUT2D eigenvalue weighted by Gasteiger charge is -2.24. The van der Waals surface area contributed by atoms with Crippen molar-refractivity contribution >= 4 is 38.4 Å². The number of aliphatic hydroxyl groups excluding tert-OH is 1. The van der Waals surface area contributed by atoms with Crippen molar-refractivity contribution in [2.75, 3.05) is 4.90 Å². The van der Waals surface area contributed by atoms with E-state index in [4.69, 9.17) is 0 Å². The minimum atomic E-state index is -1.03. The average molecular weight is 448 g/mol. The van der Waals surface area contributed by atoms with Gasteiger partial charge in [0.25, 0.3) is 5.91 Å². The second-order valence-electron chi connectivity index (χ2n) is 7.20. The van der Waals surface area contributed by atoms with E-state index in [1.165, 1.54) is 47.4 Å². The number of rotatable bonds is 4. The summed E-state index contributed by atoms with van der Waals surface area (Å²) in [5.41, 5.74) is 1.06. The van der Waals surface area contributed by atoms with E-state index in [0.29, 0.717) is 21.3 Å². The van der Waals surface area contributed by atoms with E-state index < -0.39 is 35.1 Å². The van der Waals surface area contributed by atoms with E-state index in [2.05, 4.69) is 4.98 Å². The summed E-state index contributed by atoms with van der Waals surface area (Å²) in [6.45, 7) is 0. The highest BCUT2D eigenvalue weighted by Gasteiger charge is 2.45. The van der Waals surface area contributed by atoms with Crippen molar-refractivity contribution < 1.29 is 23.5 Å². The van der Waals surface area contributed by atoms with Crippen molar-refractivity contribution in [1.82, 2.24) is 4.98 Å². The first-order chi connectivity index (χ1) is 15.4. The van der Waals surface area contributed by atoms with Crippen LogP contribution >= 0.6 is 11.3 Å². The number of fused-ring (bicyclic) bond motifs is 1. The van der Waals surface area contributed by atoms with Crippen LogP contribution in [0.4, 0.5) is 13.9 Å². The molecule has 0 saturated carbocycles. The van der Waals surface area contributed by atoms with E-state index in [9.17, 15) is 23.5 Å². The van der Waals surface area contributed by atoms with Gasteiger partial charge >= 0.3 is 0 Å². The van der Waals surface area contributed by atoms with Crippen LogP contribution in [0.1, 0.15) is 22.0 Å². The maximum atomic E-state index is 13.7. The lowest BCUT2D eigenvalue weighted by atomic mass is 9.93. The van der Waals surface area contributed by atoms with Crippen LogP contribution in [0.2, 0.25) is 0 Å². The van der Waals surface area contributed by atoms with Crippen molar-refractivity contribution in [2.45, 2.75) is 6.04 Å². The predicted octanol–water partition coefficient (Wildman–Crippen LogP) is 5.36. The highest BCUT2D eigenvalue weighted by atomic mass is 32.1. The quantitative estimate of drug-likeness (QED) is 0.427. The molecule has 1 aromatic heterocycles. The number of Topliss-reactive ketones (excluding diaryl/α,β-unsaturated/α-hetero) is 1. The monoisotopic (exact) mass is 448 g/mol. The number of hydrogen-bond acceptors (Lipinski definition) is 5. The fourth-order valence-corrected chi connectivity index (χ4v) is 4.75. The zero-order valence-corrected chi connectivity index (χ0v) is 17.1. The number of carbonyl (C=O) groups excluding carboxylic acids is 2. The number of amides is 1. The molecule has 0 radical (unpaired) electrons. The molecular formula is C24H14F2N2O3S. The number of thiazole rings is 1. The molecule has 1 aliphatic rings. The summed E-state index contributed by atoms with van der Waals surface area (Å²) in [4.78, 5) is 32.1. The predicted molar refractivity (Wildman–Crippen MR) is 117 cm³/mol. The summed E-state index contributed by atoms with van der Waals surface area (Å²) >= 11 is 1.06. The van der Waals surface area contributed by atoms with Gasteiger partial charge in [-0.1, -0.05) is 53.8 Å². The Kier molecular flexibility index (Phi) is 4.79. The third kappa shape index (κ3) is 3.25. The number of benzene rings is 3. The van der Waals surface area contributed by atoms with Crippen molar-refractivity contribution in [3.8, 4) is 0 Å². The molecule has 158 valence electrons. The number of aliphatic hydroxyl groups is 1. The Labute approximate surface area is 184 Å².